The second-order valence-electron chi connectivity index (χ2n) is 5.36. The molecule has 3 aromatic rings. The van der Waals surface area contributed by atoms with Crippen molar-refractivity contribution in [1.82, 2.24) is 24.3 Å². The van der Waals surface area contributed by atoms with E-state index >= 15 is 0 Å². The maximum absolute atomic E-state index is 11.3. The second-order valence-corrected chi connectivity index (χ2v) is 7.14. The first-order valence-electron chi connectivity index (χ1n) is 7.08. The van der Waals surface area contributed by atoms with E-state index in [1.54, 1.807) is 35.4 Å². The highest BCUT2D eigenvalue weighted by atomic mass is 35.5. The van der Waals surface area contributed by atoms with Gasteiger partial charge < -0.3 is 9.67 Å². The van der Waals surface area contributed by atoms with Crippen LogP contribution in [0.15, 0.2) is 48.4 Å². The monoisotopic (exact) mass is 383 g/mol. The summed E-state index contributed by atoms with van der Waals surface area (Å²) in [6.45, 7) is 0.214. The molecule has 1 unspecified atom stereocenters. The van der Waals surface area contributed by atoms with Gasteiger partial charge >= 0.3 is 0 Å². The van der Waals surface area contributed by atoms with Gasteiger partial charge in [-0.15, -0.1) is 0 Å². The number of imidazole rings is 1. The molecule has 0 aliphatic heterocycles. The van der Waals surface area contributed by atoms with Crippen LogP contribution in [0.25, 0.3) is 0 Å². The van der Waals surface area contributed by atoms with E-state index in [1.165, 1.54) is 18.1 Å². The molecule has 0 saturated carbocycles. The van der Waals surface area contributed by atoms with Gasteiger partial charge in [-0.1, -0.05) is 41.0 Å². The molecule has 3 rings (SSSR count). The van der Waals surface area contributed by atoms with E-state index in [1.807, 2.05) is 17.8 Å². The molecular weight excluding hydrogens is 369 g/mol. The van der Waals surface area contributed by atoms with Crippen LogP contribution >= 0.6 is 35.0 Å². The number of nitrogens with zero attached hydrogens (tertiary/aromatic N) is 5. The molecule has 6 nitrogen and oxygen atoms in total. The van der Waals surface area contributed by atoms with Crippen molar-refractivity contribution in [3.8, 4) is 0 Å². The SMILES string of the molecule is Cn1ccnc1SCC(O)(Cn1cncn1)c1ccc(Cl)cc1Cl. The average molecular weight is 384 g/mol. The van der Waals surface area contributed by atoms with Crippen molar-refractivity contribution >= 4 is 35.0 Å². The Bertz CT molecular complexity index is 823. The largest absolute Gasteiger partial charge is 0.382 e. The Morgan fingerprint density at radius 1 is 1.33 bits per heavy atom. The minimum Gasteiger partial charge on any atom is -0.382 e. The molecule has 0 radical (unpaired) electrons. The number of benzene rings is 1. The molecule has 1 aromatic carbocycles. The first kappa shape index (κ1) is 17.3. The van der Waals surface area contributed by atoms with Crippen molar-refractivity contribution in [1.29, 1.82) is 0 Å². The summed E-state index contributed by atoms with van der Waals surface area (Å²) in [5.74, 6) is 0.346. The first-order chi connectivity index (χ1) is 11.5. The van der Waals surface area contributed by atoms with E-state index in [-0.39, 0.29) is 6.54 Å². The highest BCUT2D eigenvalue weighted by Crippen LogP contribution is 2.35. The fourth-order valence-corrected chi connectivity index (χ4v) is 3.93. The standard InChI is InChI=1S/C15H15Cl2N5OS/c1-21-5-4-19-14(21)24-8-15(23,7-22-10-18-9-20-22)12-3-2-11(16)6-13(12)17/h2-6,9-10,23H,7-8H2,1H3. The minimum absolute atomic E-state index is 0.214. The molecular formula is C15H15Cl2N5OS. The van der Waals surface area contributed by atoms with Gasteiger partial charge in [0, 0.05) is 40.8 Å². The van der Waals surface area contributed by atoms with Crippen LogP contribution in [0.1, 0.15) is 5.56 Å². The summed E-state index contributed by atoms with van der Waals surface area (Å²) < 4.78 is 3.47. The second kappa shape index (κ2) is 7.14. The summed E-state index contributed by atoms with van der Waals surface area (Å²) in [6, 6.07) is 5.07. The molecule has 24 heavy (non-hydrogen) atoms. The van der Waals surface area contributed by atoms with Gasteiger partial charge in [0.1, 0.15) is 18.3 Å². The molecule has 2 aromatic heterocycles. The molecule has 0 aliphatic rings. The summed E-state index contributed by atoms with van der Waals surface area (Å²) in [5.41, 5.74) is -0.669. The Labute approximate surface area is 153 Å². The number of aromatic nitrogens is 5. The normalized spacial score (nSPS) is 13.8. The molecule has 0 fully saturated rings. The van der Waals surface area contributed by atoms with Crippen molar-refractivity contribution in [2.75, 3.05) is 5.75 Å². The van der Waals surface area contributed by atoms with Crippen LogP contribution in [-0.2, 0) is 19.2 Å². The maximum atomic E-state index is 11.3. The lowest BCUT2D eigenvalue weighted by Gasteiger charge is -2.29. The van der Waals surface area contributed by atoms with Gasteiger partial charge in [0.05, 0.1) is 6.54 Å². The highest BCUT2D eigenvalue weighted by Gasteiger charge is 2.33. The smallest absolute Gasteiger partial charge is 0.167 e. The van der Waals surface area contributed by atoms with Gasteiger partial charge in [0.25, 0.3) is 0 Å². The van der Waals surface area contributed by atoms with E-state index < -0.39 is 5.60 Å². The van der Waals surface area contributed by atoms with Gasteiger partial charge in [-0.3, -0.25) is 0 Å². The summed E-state index contributed by atoms with van der Waals surface area (Å²) in [4.78, 5) is 8.20. The minimum atomic E-state index is -1.26. The zero-order valence-electron chi connectivity index (χ0n) is 12.8. The van der Waals surface area contributed by atoms with Crippen molar-refractivity contribution < 1.29 is 5.11 Å². The zero-order chi connectivity index (χ0) is 17.2. The number of halogens is 2. The van der Waals surface area contributed by atoms with Gasteiger partial charge in [0.15, 0.2) is 5.16 Å². The fourth-order valence-electron chi connectivity index (χ4n) is 2.33. The lowest BCUT2D eigenvalue weighted by molar-refractivity contribution is 0.0397. The number of hydrogen-bond acceptors (Lipinski definition) is 5. The predicted octanol–water partition coefficient (Wildman–Crippen LogP) is 3.00. The Kier molecular flexibility index (Phi) is 5.15. The Morgan fingerprint density at radius 3 is 2.79 bits per heavy atom. The van der Waals surface area contributed by atoms with Crippen LogP contribution in [-0.4, -0.2) is 35.2 Å². The first-order valence-corrected chi connectivity index (χ1v) is 8.82. The highest BCUT2D eigenvalue weighted by molar-refractivity contribution is 7.99. The average Bonchev–Trinajstić information content (AvgIpc) is 3.17. The van der Waals surface area contributed by atoms with Gasteiger partial charge in [-0.25, -0.2) is 14.6 Å². The molecule has 1 N–H and O–H groups in total. The number of rotatable bonds is 6. The van der Waals surface area contributed by atoms with Crippen LogP contribution < -0.4 is 0 Å². The zero-order valence-corrected chi connectivity index (χ0v) is 15.1. The molecule has 0 bridgehead atoms. The lowest BCUT2D eigenvalue weighted by Crippen LogP contribution is -2.35. The molecule has 2 heterocycles. The summed E-state index contributed by atoms with van der Waals surface area (Å²) in [5, 5.41) is 17.2. The molecule has 0 amide bonds. The van der Waals surface area contributed by atoms with E-state index in [0.717, 1.165) is 5.16 Å². The third-order valence-corrected chi connectivity index (χ3v) is 5.36. The van der Waals surface area contributed by atoms with Gasteiger partial charge in [-0.2, -0.15) is 5.10 Å². The number of thioether (sulfide) groups is 1. The predicted molar refractivity (Wildman–Crippen MR) is 94.3 cm³/mol. The van der Waals surface area contributed by atoms with Gasteiger partial charge in [0.2, 0.25) is 0 Å². The molecule has 0 saturated heterocycles. The van der Waals surface area contributed by atoms with Crippen LogP contribution in [0.2, 0.25) is 10.0 Å². The maximum Gasteiger partial charge on any atom is 0.167 e. The summed E-state index contributed by atoms with van der Waals surface area (Å²) in [7, 11) is 1.90. The van der Waals surface area contributed by atoms with Crippen LogP contribution in [0.4, 0.5) is 0 Å². The van der Waals surface area contributed by atoms with Crippen molar-refractivity contribution in [3.05, 3.63) is 58.9 Å². The third kappa shape index (κ3) is 3.75. The van der Waals surface area contributed by atoms with Crippen molar-refractivity contribution in [2.24, 2.45) is 7.05 Å². The van der Waals surface area contributed by atoms with E-state index in [4.69, 9.17) is 23.2 Å². The Hall–Kier alpha value is -1.54. The Balaban J connectivity index is 1.92. The number of aliphatic hydroxyl groups is 1. The molecule has 9 heteroatoms. The molecule has 1 atom stereocenters. The van der Waals surface area contributed by atoms with Gasteiger partial charge in [-0.05, 0) is 12.1 Å². The van der Waals surface area contributed by atoms with Crippen LogP contribution in [0, 0.1) is 0 Å². The Morgan fingerprint density at radius 2 is 2.17 bits per heavy atom. The van der Waals surface area contributed by atoms with Crippen LogP contribution in [0.5, 0.6) is 0 Å². The fraction of sp³-hybridized carbons (Fsp3) is 0.267. The topological polar surface area (TPSA) is 68.8 Å². The van der Waals surface area contributed by atoms with E-state index in [2.05, 4.69) is 15.1 Å². The third-order valence-electron chi connectivity index (χ3n) is 3.54. The van der Waals surface area contributed by atoms with E-state index in [0.29, 0.717) is 21.4 Å². The quantitative estimate of drug-likeness (QED) is 0.662. The van der Waals surface area contributed by atoms with Crippen molar-refractivity contribution in [3.63, 3.8) is 0 Å². The van der Waals surface area contributed by atoms with Crippen LogP contribution in [0.3, 0.4) is 0 Å². The summed E-state index contributed by atoms with van der Waals surface area (Å²) in [6.07, 6.45) is 6.55. The lowest BCUT2D eigenvalue weighted by atomic mass is 9.95. The van der Waals surface area contributed by atoms with Crippen molar-refractivity contribution in [2.45, 2.75) is 17.3 Å². The van der Waals surface area contributed by atoms with E-state index in [9.17, 15) is 5.11 Å². The molecule has 0 aliphatic carbocycles. The summed E-state index contributed by atoms with van der Waals surface area (Å²) >= 11 is 13.7. The number of hydrogen-bond donors (Lipinski definition) is 1. The number of aryl methyl sites for hydroxylation is 1. The molecule has 0 spiro atoms. The molecule has 126 valence electrons.